The van der Waals surface area contributed by atoms with Crippen LogP contribution in [0.2, 0.25) is 0 Å². The van der Waals surface area contributed by atoms with E-state index in [0.29, 0.717) is 34.2 Å². The van der Waals surface area contributed by atoms with Crippen molar-refractivity contribution in [1.29, 1.82) is 0 Å². The number of aryl methyl sites for hydroxylation is 1. The van der Waals surface area contributed by atoms with Gasteiger partial charge in [0.25, 0.3) is 15.9 Å². The number of hydrogen-bond donors (Lipinski definition) is 2. The van der Waals surface area contributed by atoms with Crippen molar-refractivity contribution in [3.05, 3.63) is 102 Å². The molecule has 0 spiro atoms. The van der Waals surface area contributed by atoms with Gasteiger partial charge < -0.3 is 19.2 Å². The SMILES string of the molecule is COc1ccc(NS(=O)(=O)c2ccc(C)c(NC(=O)c3ccc(COc4ccccc4)o3)c2)cc1. The van der Waals surface area contributed by atoms with E-state index in [1.165, 1.54) is 19.2 Å². The topological polar surface area (TPSA) is 107 Å². The molecular weight excluding hydrogens is 468 g/mol. The van der Waals surface area contributed by atoms with Gasteiger partial charge in [0.15, 0.2) is 5.76 Å². The highest BCUT2D eigenvalue weighted by atomic mass is 32.2. The second kappa shape index (κ2) is 10.4. The quantitative estimate of drug-likeness (QED) is 0.331. The Bertz CT molecular complexity index is 1410. The third kappa shape index (κ3) is 6.01. The van der Waals surface area contributed by atoms with E-state index in [0.717, 1.165) is 0 Å². The first-order valence-corrected chi connectivity index (χ1v) is 12.2. The average molecular weight is 493 g/mol. The zero-order valence-corrected chi connectivity index (χ0v) is 20.0. The molecule has 35 heavy (non-hydrogen) atoms. The van der Waals surface area contributed by atoms with Gasteiger partial charge in [0.05, 0.1) is 12.0 Å². The van der Waals surface area contributed by atoms with Crippen molar-refractivity contribution in [2.75, 3.05) is 17.1 Å². The normalized spacial score (nSPS) is 11.0. The van der Waals surface area contributed by atoms with E-state index in [-0.39, 0.29) is 17.3 Å². The summed E-state index contributed by atoms with van der Waals surface area (Å²) >= 11 is 0. The molecule has 0 saturated heterocycles. The number of sulfonamides is 1. The molecule has 180 valence electrons. The third-order valence-corrected chi connectivity index (χ3v) is 6.50. The van der Waals surface area contributed by atoms with Gasteiger partial charge in [-0.1, -0.05) is 24.3 Å². The van der Waals surface area contributed by atoms with Gasteiger partial charge in [0, 0.05) is 11.4 Å². The number of nitrogens with one attached hydrogen (secondary N) is 2. The van der Waals surface area contributed by atoms with Gasteiger partial charge in [-0.15, -0.1) is 0 Å². The fraction of sp³-hybridized carbons (Fsp3) is 0.115. The number of carbonyl (C=O) groups is 1. The predicted molar refractivity (Wildman–Crippen MR) is 132 cm³/mol. The van der Waals surface area contributed by atoms with E-state index in [9.17, 15) is 13.2 Å². The molecule has 3 aromatic carbocycles. The van der Waals surface area contributed by atoms with Crippen LogP contribution in [0.1, 0.15) is 21.9 Å². The summed E-state index contributed by atoms with van der Waals surface area (Å²) < 4.78 is 44.6. The molecule has 8 nitrogen and oxygen atoms in total. The van der Waals surface area contributed by atoms with E-state index in [1.54, 1.807) is 49.4 Å². The Labute approximate surface area is 203 Å². The molecule has 9 heteroatoms. The van der Waals surface area contributed by atoms with Crippen LogP contribution in [0.5, 0.6) is 11.5 Å². The van der Waals surface area contributed by atoms with Crippen LogP contribution in [0.3, 0.4) is 0 Å². The molecule has 1 heterocycles. The highest BCUT2D eigenvalue weighted by molar-refractivity contribution is 7.92. The first-order chi connectivity index (χ1) is 16.8. The molecule has 0 saturated carbocycles. The van der Waals surface area contributed by atoms with Crippen LogP contribution >= 0.6 is 0 Å². The first kappa shape index (κ1) is 23.9. The monoisotopic (exact) mass is 492 g/mol. The minimum absolute atomic E-state index is 0.00520. The van der Waals surface area contributed by atoms with Crippen LogP contribution in [0.4, 0.5) is 11.4 Å². The number of benzene rings is 3. The number of furan rings is 1. The Kier molecular flexibility index (Phi) is 7.07. The Morgan fingerprint density at radius 3 is 2.37 bits per heavy atom. The lowest BCUT2D eigenvalue weighted by molar-refractivity contribution is 0.0992. The largest absolute Gasteiger partial charge is 0.497 e. The molecule has 0 aliphatic heterocycles. The van der Waals surface area contributed by atoms with Gasteiger partial charge in [-0.3, -0.25) is 9.52 Å². The Hall–Kier alpha value is -4.24. The molecule has 0 aliphatic carbocycles. The number of rotatable bonds is 9. The number of anilines is 2. The summed E-state index contributed by atoms with van der Waals surface area (Å²) in [5.74, 6) is 1.36. The summed E-state index contributed by atoms with van der Waals surface area (Å²) in [5, 5.41) is 2.72. The molecule has 0 radical (unpaired) electrons. The Morgan fingerprint density at radius 1 is 0.914 bits per heavy atom. The zero-order chi connectivity index (χ0) is 24.8. The lowest BCUT2D eigenvalue weighted by Gasteiger charge is -2.12. The fourth-order valence-electron chi connectivity index (χ4n) is 3.21. The van der Waals surface area contributed by atoms with E-state index < -0.39 is 15.9 Å². The van der Waals surface area contributed by atoms with Crippen molar-refractivity contribution in [1.82, 2.24) is 0 Å². The summed E-state index contributed by atoms with van der Waals surface area (Å²) in [7, 11) is -2.35. The van der Waals surface area contributed by atoms with Crippen LogP contribution in [0.15, 0.2) is 94.2 Å². The molecule has 0 bridgehead atoms. The smallest absolute Gasteiger partial charge is 0.291 e. The van der Waals surface area contributed by atoms with Crippen LogP contribution in [-0.4, -0.2) is 21.4 Å². The lowest BCUT2D eigenvalue weighted by Crippen LogP contribution is -2.15. The number of carbonyl (C=O) groups excluding carboxylic acids is 1. The van der Waals surface area contributed by atoms with Crippen LogP contribution in [-0.2, 0) is 16.6 Å². The first-order valence-electron chi connectivity index (χ1n) is 10.7. The fourth-order valence-corrected chi connectivity index (χ4v) is 4.29. The molecule has 0 unspecified atom stereocenters. The van der Waals surface area contributed by atoms with E-state index in [4.69, 9.17) is 13.9 Å². The van der Waals surface area contributed by atoms with Crippen molar-refractivity contribution >= 4 is 27.3 Å². The van der Waals surface area contributed by atoms with Gasteiger partial charge >= 0.3 is 0 Å². The highest BCUT2D eigenvalue weighted by Gasteiger charge is 2.18. The number of para-hydroxylation sites is 1. The molecule has 1 aromatic heterocycles. The summed E-state index contributed by atoms with van der Waals surface area (Å²) in [4.78, 5) is 12.7. The summed E-state index contributed by atoms with van der Waals surface area (Å²) in [6.07, 6.45) is 0. The number of methoxy groups -OCH3 is 1. The highest BCUT2D eigenvalue weighted by Crippen LogP contribution is 2.24. The van der Waals surface area contributed by atoms with Crippen molar-refractivity contribution in [3.63, 3.8) is 0 Å². The molecule has 2 N–H and O–H groups in total. The zero-order valence-electron chi connectivity index (χ0n) is 19.1. The Balaban J connectivity index is 1.44. The minimum atomic E-state index is -3.88. The van der Waals surface area contributed by atoms with Gasteiger partial charge in [0.1, 0.15) is 23.9 Å². The maximum atomic E-state index is 12.9. The number of ether oxygens (including phenoxy) is 2. The van der Waals surface area contributed by atoms with E-state index >= 15 is 0 Å². The van der Waals surface area contributed by atoms with Gasteiger partial charge in [-0.05, 0) is 73.2 Å². The van der Waals surface area contributed by atoms with Gasteiger partial charge in [-0.25, -0.2) is 8.42 Å². The molecule has 0 atom stereocenters. The second-order valence-corrected chi connectivity index (χ2v) is 9.31. The minimum Gasteiger partial charge on any atom is -0.497 e. The van der Waals surface area contributed by atoms with Crippen molar-refractivity contribution in [3.8, 4) is 11.5 Å². The molecule has 4 rings (SSSR count). The second-order valence-electron chi connectivity index (χ2n) is 7.63. The molecular formula is C26H24N2O6S. The number of hydrogen-bond acceptors (Lipinski definition) is 6. The van der Waals surface area contributed by atoms with Crippen LogP contribution in [0, 0.1) is 6.92 Å². The van der Waals surface area contributed by atoms with Crippen molar-refractivity contribution < 1.29 is 27.1 Å². The predicted octanol–water partition coefficient (Wildman–Crippen LogP) is 5.23. The number of amides is 1. The van der Waals surface area contributed by atoms with E-state index in [1.807, 2.05) is 30.3 Å². The standard InChI is InChI=1S/C26H24N2O6S/c1-18-8-14-23(35(30,31)28-19-9-11-20(32-2)12-10-19)16-24(18)27-26(29)25-15-13-22(34-25)17-33-21-6-4-3-5-7-21/h3-16,28H,17H2,1-2H3,(H,27,29). The van der Waals surface area contributed by atoms with Crippen molar-refractivity contribution in [2.45, 2.75) is 18.4 Å². The summed E-state index contributed by atoms with van der Waals surface area (Å²) in [5.41, 5.74) is 1.44. The van der Waals surface area contributed by atoms with Crippen molar-refractivity contribution in [2.24, 2.45) is 0 Å². The molecule has 4 aromatic rings. The molecule has 0 fully saturated rings. The lowest BCUT2D eigenvalue weighted by atomic mass is 10.2. The van der Waals surface area contributed by atoms with E-state index in [2.05, 4.69) is 10.0 Å². The van der Waals surface area contributed by atoms with Crippen LogP contribution in [0.25, 0.3) is 0 Å². The Morgan fingerprint density at radius 2 is 1.66 bits per heavy atom. The average Bonchev–Trinajstić information content (AvgIpc) is 3.34. The van der Waals surface area contributed by atoms with Crippen LogP contribution < -0.4 is 19.5 Å². The van der Waals surface area contributed by atoms with Gasteiger partial charge in [-0.2, -0.15) is 0 Å². The van der Waals surface area contributed by atoms with Gasteiger partial charge in [0.2, 0.25) is 0 Å². The molecule has 1 amide bonds. The third-order valence-electron chi connectivity index (χ3n) is 5.12. The summed E-state index contributed by atoms with van der Waals surface area (Å²) in [6.45, 7) is 1.94. The molecule has 0 aliphatic rings. The summed E-state index contributed by atoms with van der Waals surface area (Å²) in [6, 6.07) is 23.5. The maximum Gasteiger partial charge on any atom is 0.291 e. The maximum absolute atomic E-state index is 12.9.